The van der Waals surface area contributed by atoms with E-state index in [1.54, 1.807) is 0 Å². The van der Waals surface area contributed by atoms with Crippen molar-refractivity contribution in [2.45, 2.75) is 19.3 Å². The minimum absolute atomic E-state index is 0.0749. The first-order chi connectivity index (χ1) is 6.98. The van der Waals surface area contributed by atoms with Crippen LogP contribution in [0.2, 0.25) is 0 Å². The lowest BCUT2D eigenvalue weighted by Gasteiger charge is -2.16. The van der Waals surface area contributed by atoms with Crippen LogP contribution in [0, 0.1) is 0 Å². The third-order valence-corrected chi connectivity index (χ3v) is 2.11. The Hall–Kier alpha value is -1.66. The molecule has 1 aromatic heterocycles. The summed E-state index contributed by atoms with van der Waals surface area (Å²) in [6.07, 6.45) is -2.15. The minimum Gasteiger partial charge on any atom is -0.325 e. The molecule has 2 rings (SSSR count). The monoisotopic (exact) mass is 217 g/mol. The number of rotatable bonds is 0. The molecule has 15 heavy (non-hydrogen) atoms. The second-order valence-electron chi connectivity index (χ2n) is 3.15. The van der Waals surface area contributed by atoms with Gasteiger partial charge >= 0.3 is 12.1 Å². The van der Waals surface area contributed by atoms with Crippen LogP contribution in [0.1, 0.15) is 11.3 Å². The predicted octanol–water partition coefficient (Wildman–Crippen LogP) is 0.881. The Morgan fingerprint density at radius 3 is 2.73 bits per heavy atom. The van der Waals surface area contributed by atoms with Crippen LogP contribution in [0.3, 0.4) is 0 Å². The Morgan fingerprint density at radius 2 is 2.13 bits per heavy atom. The van der Waals surface area contributed by atoms with Crippen LogP contribution in [0.5, 0.6) is 0 Å². The van der Waals surface area contributed by atoms with E-state index in [0.29, 0.717) is 16.2 Å². The minimum atomic E-state index is -4.82. The summed E-state index contributed by atoms with van der Waals surface area (Å²) in [5.41, 5.74) is 1.04. The molecule has 0 aromatic carbocycles. The molecule has 80 valence electrons. The van der Waals surface area contributed by atoms with Gasteiger partial charge in [0, 0.05) is 18.3 Å². The highest BCUT2D eigenvalue weighted by Gasteiger charge is 2.44. The van der Waals surface area contributed by atoms with Gasteiger partial charge < -0.3 is 4.90 Å². The second kappa shape index (κ2) is 3.18. The highest BCUT2D eigenvalue weighted by Crippen LogP contribution is 2.25. The van der Waals surface area contributed by atoms with Crippen LogP contribution in [-0.2, 0) is 17.9 Å². The Morgan fingerprint density at radius 1 is 1.40 bits per heavy atom. The summed E-state index contributed by atoms with van der Waals surface area (Å²) < 4.78 is 36.3. The summed E-state index contributed by atoms with van der Waals surface area (Å²) in [5, 5.41) is 0. The SMILES string of the molecule is O=C(N1Cc2cncnc2C1)C(F)(F)F. The largest absolute Gasteiger partial charge is 0.471 e. The normalized spacial score (nSPS) is 15.3. The maximum absolute atomic E-state index is 12.1. The maximum atomic E-state index is 12.1. The molecule has 1 aliphatic rings. The lowest BCUT2D eigenvalue weighted by atomic mass is 10.3. The summed E-state index contributed by atoms with van der Waals surface area (Å²) in [6.45, 7) is -0.176. The fraction of sp³-hybridized carbons (Fsp3) is 0.375. The molecule has 1 aliphatic heterocycles. The van der Waals surface area contributed by atoms with Gasteiger partial charge in [0.2, 0.25) is 0 Å². The molecule has 4 nitrogen and oxygen atoms in total. The van der Waals surface area contributed by atoms with E-state index in [1.165, 1.54) is 12.5 Å². The molecule has 0 saturated heterocycles. The van der Waals surface area contributed by atoms with Crippen LogP contribution in [0.4, 0.5) is 13.2 Å². The Kier molecular flexibility index (Phi) is 2.09. The Labute approximate surface area is 82.7 Å². The van der Waals surface area contributed by atoms with Crippen LogP contribution < -0.4 is 0 Å². The van der Waals surface area contributed by atoms with Gasteiger partial charge in [-0.15, -0.1) is 0 Å². The summed E-state index contributed by atoms with van der Waals surface area (Å²) in [4.78, 5) is 19.1. The zero-order valence-corrected chi connectivity index (χ0v) is 7.45. The number of fused-ring (bicyclic) bond motifs is 1. The first-order valence-corrected chi connectivity index (χ1v) is 4.12. The molecule has 0 N–H and O–H groups in total. The van der Waals surface area contributed by atoms with Gasteiger partial charge in [0.1, 0.15) is 6.33 Å². The van der Waals surface area contributed by atoms with E-state index in [1.807, 2.05) is 0 Å². The quantitative estimate of drug-likeness (QED) is 0.648. The zero-order chi connectivity index (χ0) is 11.1. The van der Waals surface area contributed by atoms with Crippen LogP contribution in [0.15, 0.2) is 12.5 Å². The predicted molar refractivity (Wildman–Crippen MR) is 42.3 cm³/mol. The molecular weight excluding hydrogens is 211 g/mol. The highest BCUT2D eigenvalue weighted by molar-refractivity contribution is 5.82. The van der Waals surface area contributed by atoms with E-state index in [2.05, 4.69) is 9.97 Å². The zero-order valence-electron chi connectivity index (χ0n) is 7.45. The van der Waals surface area contributed by atoms with Crippen molar-refractivity contribution in [2.24, 2.45) is 0 Å². The van der Waals surface area contributed by atoms with Gasteiger partial charge in [0.05, 0.1) is 12.2 Å². The Balaban J connectivity index is 2.17. The lowest BCUT2D eigenvalue weighted by Crippen LogP contribution is -2.37. The molecule has 1 aromatic rings. The van der Waals surface area contributed by atoms with E-state index in [4.69, 9.17) is 0 Å². The first-order valence-electron chi connectivity index (χ1n) is 4.12. The second-order valence-corrected chi connectivity index (χ2v) is 3.15. The van der Waals surface area contributed by atoms with Gasteiger partial charge in [-0.05, 0) is 0 Å². The molecule has 0 saturated carbocycles. The van der Waals surface area contributed by atoms with Crippen molar-refractivity contribution < 1.29 is 18.0 Å². The lowest BCUT2D eigenvalue weighted by molar-refractivity contribution is -0.186. The van der Waals surface area contributed by atoms with Gasteiger partial charge in [0.15, 0.2) is 0 Å². The van der Waals surface area contributed by atoms with E-state index in [0.717, 1.165) is 0 Å². The van der Waals surface area contributed by atoms with Gasteiger partial charge in [-0.25, -0.2) is 9.97 Å². The van der Waals surface area contributed by atoms with Gasteiger partial charge in [-0.3, -0.25) is 4.79 Å². The molecule has 2 heterocycles. The summed E-state index contributed by atoms with van der Waals surface area (Å²) >= 11 is 0. The third kappa shape index (κ3) is 1.77. The number of nitrogens with zero attached hydrogens (tertiary/aromatic N) is 3. The molecule has 0 unspecified atom stereocenters. The molecule has 0 fully saturated rings. The van der Waals surface area contributed by atoms with Crippen molar-refractivity contribution in [2.75, 3.05) is 0 Å². The number of halogens is 3. The fourth-order valence-corrected chi connectivity index (χ4v) is 1.42. The first kappa shape index (κ1) is 9.88. The molecule has 0 spiro atoms. The van der Waals surface area contributed by atoms with Gasteiger partial charge in [-0.2, -0.15) is 13.2 Å². The van der Waals surface area contributed by atoms with Crippen molar-refractivity contribution in [3.8, 4) is 0 Å². The number of carbonyl (C=O) groups excluding carboxylic acids is 1. The molecule has 7 heteroatoms. The average Bonchev–Trinajstić information content (AvgIpc) is 2.58. The van der Waals surface area contributed by atoms with Crippen LogP contribution in [-0.4, -0.2) is 27.0 Å². The van der Waals surface area contributed by atoms with Crippen molar-refractivity contribution in [1.29, 1.82) is 0 Å². The third-order valence-electron chi connectivity index (χ3n) is 2.11. The standard InChI is InChI=1S/C8H6F3N3O/c9-8(10,11)7(15)14-2-5-1-12-4-13-6(5)3-14/h1,4H,2-3H2. The van der Waals surface area contributed by atoms with Crippen LogP contribution in [0.25, 0.3) is 0 Å². The van der Waals surface area contributed by atoms with Crippen molar-refractivity contribution in [3.05, 3.63) is 23.8 Å². The van der Waals surface area contributed by atoms with E-state index in [-0.39, 0.29) is 13.1 Å². The number of alkyl halides is 3. The van der Waals surface area contributed by atoms with E-state index < -0.39 is 12.1 Å². The smallest absolute Gasteiger partial charge is 0.325 e. The van der Waals surface area contributed by atoms with Crippen molar-refractivity contribution in [1.82, 2.24) is 14.9 Å². The van der Waals surface area contributed by atoms with Crippen molar-refractivity contribution >= 4 is 5.91 Å². The van der Waals surface area contributed by atoms with Crippen LogP contribution >= 0.6 is 0 Å². The summed E-state index contributed by atoms with van der Waals surface area (Å²) in [5.74, 6) is -1.83. The average molecular weight is 217 g/mol. The molecule has 0 bridgehead atoms. The number of carbonyl (C=O) groups is 1. The summed E-state index contributed by atoms with van der Waals surface area (Å²) in [7, 11) is 0. The van der Waals surface area contributed by atoms with E-state index >= 15 is 0 Å². The van der Waals surface area contributed by atoms with E-state index in [9.17, 15) is 18.0 Å². The number of amides is 1. The summed E-state index contributed by atoms with van der Waals surface area (Å²) in [6, 6.07) is 0. The molecular formula is C8H6F3N3O. The highest BCUT2D eigenvalue weighted by atomic mass is 19.4. The fourth-order valence-electron chi connectivity index (χ4n) is 1.42. The number of hydrogen-bond donors (Lipinski definition) is 0. The maximum Gasteiger partial charge on any atom is 0.471 e. The molecule has 0 aliphatic carbocycles. The molecule has 1 amide bonds. The molecule has 0 radical (unpaired) electrons. The number of hydrogen-bond acceptors (Lipinski definition) is 3. The topological polar surface area (TPSA) is 46.1 Å². The molecule has 0 atom stereocenters. The Bertz CT molecular complexity index is 379. The van der Waals surface area contributed by atoms with Gasteiger partial charge in [-0.1, -0.05) is 0 Å². The van der Waals surface area contributed by atoms with Crippen molar-refractivity contribution in [3.63, 3.8) is 0 Å². The van der Waals surface area contributed by atoms with Gasteiger partial charge in [0.25, 0.3) is 0 Å². The number of aromatic nitrogens is 2.